The van der Waals surface area contributed by atoms with Crippen LogP contribution in [0, 0.1) is 0 Å². The van der Waals surface area contributed by atoms with Crippen LogP contribution in [0.4, 0.5) is 0 Å². The van der Waals surface area contributed by atoms with Gasteiger partial charge in [-0.3, -0.25) is 9.59 Å². The highest BCUT2D eigenvalue weighted by Crippen LogP contribution is 2.40. The molecule has 31 heavy (non-hydrogen) atoms. The molecular formula is C22H17NO8. The van der Waals surface area contributed by atoms with Crippen LogP contribution in [-0.4, -0.2) is 34.6 Å². The third-order valence-corrected chi connectivity index (χ3v) is 4.90. The lowest BCUT2D eigenvalue weighted by Crippen LogP contribution is -2.29. The molecule has 3 heterocycles. The molecule has 0 unspecified atom stereocenters. The minimum absolute atomic E-state index is 0.0504. The first-order valence-corrected chi connectivity index (χ1v) is 9.46. The number of aromatic amines is 1. The minimum atomic E-state index is -1.04. The number of hydrogen-bond donors (Lipinski definition) is 2. The van der Waals surface area contributed by atoms with Crippen LogP contribution in [0.1, 0.15) is 51.3 Å². The monoisotopic (exact) mass is 423 g/mol. The van der Waals surface area contributed by atoms with Crippen molar-refractivity contribution in [3.63, 3.8) is 0 Å². The molecule has 2 aromatic heterocycles. The highest BCUT2D eigenvalue weighted by atomic mass is 16.5. The number of aromatic nitrogens is 1. The lowest BCUT2D eigenvalue weighted by atomic mass is 9.90. The Labute approximate surface area is 175 Å². The third-order valence-electron chi connectivity index (χ3n) is 4.90. The fraction of sp³-hybridized carbons (Fsp3) is 0.182. The molecule has 9 heteroatoms. The minimum Gasteiger partial charge on any atom is -0.478 e. The van der Waals surface area contributed by atoms with Crippen LogP contribution in [0.2, 0.25) is 0 Å². The average molecular weight is 423 g/mol. The fourth-order valence-electron chi connectivity index (χ4n) is 3.46. The van der Waals surface area contributed by atoms with Crippen molar-refractivity contribution < 1.29 is 33.4 Å². The van der Waals surface area contributed by atoms with Crippen LogP contribution in [0.25, 0.3) is 11.3 Å². The van der Waals surface area contributed by atoms with E-state index < -0.39 is 29.4 Å². The number of hydrogen-bond acceptors (Lipinski definition) is 7. The first-order chi connectivity index (χ1) is 14.9. The number of fused-ring (bicyclic) bond motifs is 1. The zero-order valence-corrected chi connectivity index (χ0v) is 16.3. The van der Waals surface area contributed by atoms with Crippen LogP contribution in [-0.2, 0) is 9.53 Å². The molecule has 0 saturated heterocycles. The molecule has 1 aliphatic heterocycles. The zero-order valence-electron chi connectivity index (χ0n) is 16.3. The number of carbonyl (C=O) groups excluding carboxylic acids is 2. The number of furan rings is 1. The van der Waals surface area contributed by atoms with Crippen LogP contribution in [0.5, 0.6) is 5.75 Å². The summed E-state index contributed by atoms with van der Waals surface area (Å²) in [7, 11) is 0. The highest BCUT2D eigenvalue weighted by molar-refractivity contribution is 5.94. The number of H-pyrrole nitrogens is 1. The van der Waals surface area contributed by atoms with Gasteiger partial charge in [0.2, 0.25) is 0 Å². The van der Waals surface area contributed by atoms with E-state index in [1.165, 1.54) is 12.1 Å². The summed E-state index contributed by atoms with van der Waals surface area (Å²) >= 11 is 0. The Morgan fingerprint density at radius 2 is 1.90 bits per heavy atom. The quantitative estimate of drug-likeness (QED) is 0.598. The summed E-state index contributed by atoms with van der Waals surface area (Å²) in [6.07, 6.45) is 1.01. The zero-order chi connectivity index (χ0) is 22.1. The summed E-state index contributed by atoms with van der Waals surface area (Å²) in [4.78, 5) is 50.6. The maximum absolute atomic E-state index is 12.6. The van der Waals surface area contributed by atoms with Crippen molar-refractivity contribution in [3.8, 4) is 17.1 Å². The molecule has 0 bridgehead atoms. The molecule has 3 aromatic rings. The Hall–Kier alpha value is -4.14. The number of pyridine rings is 1. The first kappa shape index (κ1) is 20.1. The smallest absolute Gasteiger partial charge is 0.343 e. The van der Waals surface area contributed by atoms with E-state index >= 15 is 0 Å². The number of esters is 2. The number of aromatic carboxylic acids is 1. The lowest BCUT2D eigenvalue weighted by Gasteiger charge is -2.23. The van der Waals surface area contributed by atoms with E-state index in [4.69, 9.17) is 19.0 Å². The summed E-state index contributed by atoms with van der Waals surface area (Å²) in [6.45, 7) is 1.75. The summed E-state index contributed by atoms with van der Waals surface area (Å²) < 4.78 is 16.1. The molecule has 1 aromatic carbocycles. The summed E-state index contributed by atoms with van der Waals surface area (Å²) in [5.41, 5.74) is 0.309. The predicted octanol–water partition coefficient (Wildman–Crippen LogP) is 2.95. The van der Waals surface area contributed by atoms with E-state index in [-0.39, 0.29) is 35.5 Å². The van der Waals surface area contributed by atoms with Gasteiger partial charge < -0.3 is 24.0 Å². The van der Waals surface area contributed by atoms with Gasteiger partial charge in [-0.15, -0.1) is 0 Å². The second kappa shape index (κ2) is 7.94. The van der Waals surface area contributed by atoms with Crippen molar-refractivity contribution in [3.05, 3.63) is 75.4 Å². The number of rotatable bonds is 5. The van der Waals surface area contributed by atoms with Gasteiger partial charge in [-0.05, 0) is 31.2 Å². The molecule has 0 spiro atoms. The van der Waals surface area contributed by atoms with Gasteiger partial charge in [-0.1, -0.05) is 12.1 Å². The lowest BCUT2D eigenvalue weighted by molar-refractivity contribution is -0.135. The molecule has 0 amide bonds. The standard InChI is InChI=1S/C22H17NO8/c1-2-29-22(28)14-10-23-20(25)18-13(9-17(24)31-19(14)18)16-8-7-15(30-16)11-3-5-12(6-4-11)21(26)27/h3-8,10,13H,2,9H2,1H3,(H,23,25)(H,26,27)/t13-/m1/s1. The van der Waals surface area contributed by atoms with Gasteiger partial charge in [-0.25, -0.2) is 9.59 Å². The number of ether oxygens (including phenoxy) is 2. The highest BCUT2D eigenvalue weighted by Gasteiger charge is 2.36. The van der Waals surface area contributed by atoms with Gasteiger partial charge in [0.1, 0.15) is 17.1 Å². The van der Waals surface area contributed by atoms with E-state index in [0.29, 0.717) is 17.1 Å². The van der Waals surface area contributed by atoms with Crippen molar-refractivity contribution in [2.75, 3.05) is 6.61 Å². The van der Waals surface area contributed by atoms with Crippen molar-refractivity contribution in [1.29, 1.82) is 0 Å². The first-order valence-electron chi connectivity index (χ1n) is 9.46. The van der Waals surface area contributed by atoms with Gasteiger partial charge in [-0.2, -0.15) is 0 Å². The Morgan fingerprint density at radius 1 is 1.16 bits per heavy atom. The predicted molar refractivity (Wildman–Crippen MR) is 106 cm³/mol. The molecule has 9 nitrogen and oxygen atoms in total. The van der Waals surface area contributed by atoms with Crippen LogP contribution >= 0.6 is 0 Å². The summed E-state index contributed by atoms with van der Waals surface area (Å²) in [5, 5.41) is 9.03. The fourth-order valence-corrected chi connectivity index (χ4v) is 3.46. The van der Waals surface area contributed by atoms with E-state index in [2.05, 4.69) is 4.98 Å². The average Bonchev–Trinajstić information content (AvgIpc) is 3.23. The maximum atomic E-state index is 12.6. The van der Waals surface area contributed by atoms with Crippen molar-refractivity contribution >= 4 is 17.9 Å². The van der Waals surface area contributed by atoms with E-state index in [1.807, 2.05) is 0 Å². The van der Waals surface area contributed by atoms with Crippen molar-refractivity contribution in [2.45, 2.75) is 19.3 Å². The van der Waals surface area contributed by atoms with Gasteiger partial charge >= 0.3 is 17.9 Å². The van der Waals surface area contributed by atoms with Crippen LogP contribution in [0.15, 0.2) is 51.8 Å². The Balaban J connectivity index is 1.75. The molecule has 0 saturated carbocycles. The van der Waals surface area contributed by atoms with Gasteiger partial charge in [0, 0.05) is 11.8 Å². The molecule has 1 atom stereocenters. The molecule has 0 radical (unpaired) electrons. The van der Waals surface area contributed by atoms with Crippen molar-refractivity contribution in [1.82, 2.24) is 4.98 Å². The Kier molecular flexibility index (Phi) is 5.16. The number of nitrogens with one attached hydrogen (secondary N) is 1. The third kappa shape index (κ3) is 3.73. The Morgan fingerprint density at radius 3 is 2.58 bits per heavy atom. The molecule has 4 rings (SSSR count). The molecule has 1 aliphatic rings. The van der Waals surface area contributed by atoms with Gasteiger partial charge in [0.15, 0.2) is 5.75 Å². The van der Waals surface area contributed by atoms with Gasteiger partial charge in [0.05, 0.1) is 30.1 Å². The molecule has 0 fully saturated rings. The topological polar surface area (TPSA) is 136 Å². The number of carboxylic acid groups (broad SMARTS) is 1. The van der Waals surface area contributed by atoms with E-state index in [1.54, 1.807) is 31.2 Å². The molecule has 158 valence electrons. The van der Waals surface area contributed by atoms with Crippen LogP contribution in [0.3, 0.4) is 0 Å². The Bertz CT molecular complexity index is 1240. The summed E-state index contributed by atoms with van der Waals surface area (Å²) in [5.74, 6) is -2.50. The van der Waals surface area contributed by atoms with Crippen molar-refractivity contribution in [2.24, 2.45) is 0 Å². The number of carboxylic acids is 1. The van der Waals surface area contributed by atoms with E-state index in [0.717, 1.165) is 6.20 Å². The number of benzene rings is 1. The molecule has 0 aliphatic carbocycles. The normalized spacial score (nSPS) is 15.1. The summed E-state index contributed by atoms with van der Waals surface area (Å²) in [6, 6.07) is 9.38. The second-order valence-corrected chi connectivity index (χ2v) is 6.81. The largest absolute Gasteiger partial charge is 0.478 e. The molecule has 2 N–H and O–H groups in total. The maximum Gasteiger partial charge on any atom is 0.343 e. The van der Waals surface area contributed by atoms with E-state index in [9.17, 15) is 19.2 Å². The van der Waals surface area contributed by atoms with Gasteiger partial charge in [0.25, 0.3) is 5.56 Å². The molecular weight excluding hydrogens is 406 g/mol. The van der Waals surface area contributed by atoms with Crippen LogP contribution < -0.4 is 10.3 Å². The SMILES string of the molecule is CCOC(=O)c1c[nH]c(=O)c2c1OC(=O)C[C@@H]2c1ccc(-c2ccc(C(=O)O)cc2)o1. The second-order valence-electron chi connectivity index (χ2n) is 6.81. The number of carbonyl (C=O) groups is 3.